The summed E-state index contributed by atoms with van der Waals surface area (Å²) in [6, 6.07) is 4.40. The molecule has 0 N–H and O–H groups in total. The van der Waals surface area contributed by atoms with Crippen LogP contribution in [-0.4, -0.2) is 22.6 Å². The second kappa shape index (κ2) is 5.66. The minimum Gasteiger partial charge on any atom is -0.335 e. The third kappa shape index (κ3) is 3.29. The molecule has 1 fully saturated rings. The van der Waals surface area contributed by atoms with Gasteiger partial charge in [-0.2, -0.15) is 12.6 Å². The average Bonchev–Trinajstić information content (AvgIpc) is 2.90. The molecule has 0 spiro atoms. The van der Waals surface area contributed by atoms with Crippen LogP contribution in [0.15, 0.2) is 17.5 Å². The number of rotatable bonds is 6. The number of amides is 1. The summed E-state index contributed by atoms with van der Waals surface area (Å²) < 4.78 is 0. The second-order valence-corrected chi connectivity index (χ2v) is 6.88. The fraction of sp³-hybridized carbons (Fsp3) is 0.643. The molecule has 4 heteroatoms. The van der Waals surface area contributed by atoms with Crippen LogP contribution in [0.3, 0.4) is 0 Å². The SMILES string of the molecule is CC(C)N(Cc1cccs1)C(=O)CC1(CS)CC1. The van der Waals surface area contributed by atoms with Crippen LogP contribution in [0.2, 0.25) is 0 Å². The molecule has 1 saturated carbocycles. The Morgan fingerprint density at radius 3 is 2.72 bits per heavy atom. The molecule has 0 bridgehead atoms. The summed E-state index contributed by atoms with van der Waals surface area (Å²) >= 11 is 6.10. The van der Waals surface area contributed by atoms with Gasteiger partial charge in [0.25, 0.3) is 0 Å². The summed E-state index contributed by atoms with van der Waals surface area (Å²) in [5.41, 5.74) is 0.211. The van der Waals surface area contributed by atoms with Crippen LogP contribution in [0.5, 0.6) is 0 Å². The second-order valence-electron chi connectivity index (χ2n) is 5.53. The number of hydrogen-bond acceptors (Lipinski definition) is 3. The van der Waals surface area contributed by atoms with Gasteiger partial charge in [0.2, 0.25) is 5.91 Å². The molecule has 1 aliphatic carbocycles. The molecule has 0 unspecified atom stereocenters. The van der Waals surface area contributed by atoms with Gasteiger partial charge in [0, 0.05) is 17.3 Å². The molecule has 1 amide bonds. The smallest absolute Gasteiger partial charge is 0.223 e. The minimum absolute atomic E-state index is 0.211. The van der Waals surface area contributed by atoms with E-state index in [0.29, 0.717) is 6.42 Å². The van der Waals surface area contributed by atoms with Gasteiger partial charge in [-0.15, -0.1) is 11.3 Å². The van der Waals surface area contributed by atoms with Crippen LogP contribution in [0.1, 0.15) is 38.0 Å². The topological polar surface area (TPSA) is 20.3 Å². The van der Waals surface area contributed by atoms with E-state index >= 15 is 0 Å². The lowest BCUT2D eigenvalue weighted by atomic mass is 10.0. The molecule has 100 valence electrons. The van der Waals surface area contributed by atoms with E-state index in [1.54, 1.807) is 11.3 Å². The number of hydrogen-bond donors (Lipinski definition) is 1. The standard InChI is InChI=1S/C14H21NOS2/c1-11(2)15(9-12-4-3-7-18-12)13(16)8-14(10-17)5-6-14/h3-4,7,11,17H,5-6,8-10H2,1-2H3. The first kappa shape index (κ1) is 13.9. The van der Waals surface area contributed by atoms with Gasteiger partial charge in [0.15, 0.2) is 0 Å². The molecule has 18 heavy (non-hydrogen) atoms. The quantitative estimate of drug-likeness (QED) is 0.791. The number of carbonyl (C=O) groups excluding carboxylic acids is 1. The largest absolute Gasteiger partial charge is 0.335 e. The summed E-state index contributed by atoms with van der Waals surface area (Å²) in [6.45, 7) is 4.92. The maximum atomic E-state index is 12.4. The third-order valence-electron chi connectivity index (χ3n) is 3.67. The zero-order valence-corrected chi connectivity index (χ0v) is 12.8. The zero-order chi connectivity index (χ0) is 13.2. The molecule has 2 nitrogen and oxygen atoms in total. The lowest BCUT2D eigenvalue weighted by Gasteiger charge is -2.28. The van der Waals surface area contributed by atoms with Gasteiger partial charge in [-0.3, -0.25) is 4.79 Å². The lowest BCUT2D eigenvalue weighted by molar-refractivity contribution is -0.134. The van der Waals surface area contributed by atoms with Crippen LogP contribution in [-0.2, 0) is 11.3 Å². The highest BCUT2D eigenvalue weighted by molar-refractivity contribution is 7.80. The first-order valence-electron chi connectivity index (χ1n) is 6.49. The molecule has 2 rings (SSSR count). The zero-order valence-electron chi connectivity index (χ0n) is 11.1. The van der Waals surface area contributed by atoms with Crippen molar-refractivity contribution in [1.82, 2.24) is 4.90 Å². The number of carbonyl (C=O) groups is 1. The predicted molar refractivity (Wildman–Crippen MR) is 80.1 cm³/mol. The molecule has 0 radical (unpaired) electrons. The molecular weight excluding hydrogens is 262 g/mol. The Hall–Kier alpha value is -0.480. The van der Waals surface area contributed by atoms with Gasteiger partial charge in [-0.25, -0.2) is 0 Å². The van der Waals surface area contributed by atoms with E-state index in [1.165, 1.54) is 4.88 Å². The maximum Gasteiger partial charge on any atom is 0.223 e. The van der Waals surface area contributed by atoms with Gasteiger partial charge in [-0.1, -0.05) is 6.07 Å². The Balaban J connectivity index is 1.99. The Bertz CT molecular complexity index is 396. The Labute approximate surface area is 119 Å². The minimum atomic E-state index is 0.211. The van der Waals surface area contributed by atoms with Crippen molar-refractivity contribution in [3.8, 4) is 0 Å². The van der Waals surface area contributed by atoms with E-state index < -0.39 is 0 Å². The predicted octanol–water partition coefficient (Wildman–Crippen LogP) is 3.59. The van der Waals surface area contributed by atoms with Crippen molar-refractivity contribution in [2.45, 2.75) is 45.7 Å². The van der Waals surface area contributed by atoms with Crippen molar-refractivity contribution < 1.29 is 4.79 Å². The maximum absolute atomic E-state index is 12.4. The van der Waals surface area contributed by atoms with Crippen LogP contribution in [0.25, 0.3) is 0 Å². The molecule has 0 aromatic carbocycles. The molecule has 0 atom stereocenters. The van der Waals surface area contributed by atoms with Gasteiger partial charge in [-0.05, 0) is 49.3 Å². The Morgan fingerprint density at radius 1 is 1.56 bits per heavy atom. The molecule has 1 heterocycles. The Kier molecular flexibility index (Phi) is 4.38. The summed E-state index contributed by atoms with van der Waals surface area (Å²) in [5, 5.41) is 2.06. The van der Waals surface area contributed by atoms with Crippen molar-refractivity contribution in [3.63, 3.8) is 0 Å². The fourth-order valence-corrected chi connectivity index (χ4v) is 3.25. The molecule has 1 aliphatic rings. The fourth-order valence-electron chi connectivity index (χ4n) is 2.12. The number of thiophene rings is 1. The van der Waals surface area contributed by atoms with Crippen LogP contribution < -0.4 is 0 Å². The van der Waals surface area contributed by atoms with Crippen molar-refractivity contribution in [2.75, 3.05) is 5.75 Å². The summed E-state index contributed by atoms with van der Waals surface area (Å²) in [4.78, 5) is 15.7. The van der Waals surface area contributed by atoms with Crippen molar-refractivity contribution >= 4 is 29.9 Å². The van der Waals surface area contributed by atoms with E-state index in [9.17, 15) is 4.79 Å². The molecule has 1 aromatic rings. The molecular formula is C14H21NOS2. The van der Waals surface area contributed by atoms with E-state index in [4.69, 9.17) is 0 Å². The summed E-state index contributed by atoms with van der Waals surface area (Å²) in [6.07, 6.45) is 2.99. The van der Waals surface area contributed by atoms with Crippen LogP contribution >= 0.6 is 24.0 Å². The van der Waals surface area contributed by atoms with Gasteiger partial charge < -0.3 is 4.90 Å². The van der Waals surface area contributed by atoms with E-state index in [1.807, 2.05) is 11.0 Å². The first-order chi connectivity index (χ1) is 8.56. The average molecular weight is 283 g/mol. The first-order valence-corrected chi connectivity index (χ1v) is 8.00. The van der Waals surface area contributed by atoms with Gasteiger partial charge in [0.05, 0.1) is 6.54 Å². The highest BCUT2D eigenvalue weighted by atomic mass is 32.1. The summed E-state index contributed by atoms with van der Waals surface area (Å²) in [7, 11) is 0. The number of nitrogens with zero attached hydrogens (tertiary/aromatic N) is 1. The van der Waals surface area contributed by atoms with Gasteiger partial charge in [0.1, 0.15) is 0 Å². The van der Waals surface area contributed by atoms with E-state index in [0.717, 1.165) is 25.1 Å². The molecule has 0 aliphatic heterocycles. The van der Waals surface area contributed by atoms with Crippen LogP contribution in [0, 0.1) is 5.41 Å². The highest BCUT2D eigenvalue weighted by Gasteiger charge is 2.43. The summed E-state index contributed by atoms with van der Waals surface area (Å²) in [5.74, 6) is 1.12. The Morgan fingerprint density at radius 2 is 2.28 bits per heavy atom. The van der Waals surface area contributed by atoms with E-state index in [-0.39, 0.29) is 17.4 Å². The van der Waals surface area contributed by atoms with Crippen molar-refractivity contribution in [2.24, 2.45) is 5.41 Å². The van der Waals surface area contributed by atoms with Crippen molar-refractivity contribution in [1.29, 1.82) is 0 Å². The number of thiol groups is 1. The molecule has 1 aromatic heterocycles. The lowest BCUT2D eigenvalue weighted by Crippen LogP contribution is -2.37. The van der Waals surface area contributed by atoms with Crippen molar-refractivity contribution in [3.05, 3.63) is 22.4 Å². The monoisotopic (exact) mass is 283 g/mol. The highest BCUT2D eigenvalue weighted by Crippen LogP contribution is 2.50. The van der Waals surface area contributed by atoms with E-state index in [2.05, 4.69) is 37.9 Å². The molecule has 0 saturated heterocycles. The third-order valence-corrected chi connectivity index (χ3v) is 5.20. The van der Waals surface area contributed by atoms with Crippen LogP contribution in [0.4, 0.5) is 0 Å². The van der Waals surface area contributed by atoms with Gasteiger partial charge >= 0.3 is 0 Å². The normalized spacial score (nSPS) is 16.9.